The summed E-state index contributed by atoms with van der Waals surface area (Å²) in [5.41, 5.74) is 2.96. The number of pyridine rings is 2. The van der Waals surface area contributed by atoms with Crippen LogP contribution in [0, 0.1) is 6.92 Å². The van der Waals surface area contributed by atoms with Crippen LogP contribution in [0.4, 0.5) is 11.6 Å². The number of hydrogen-bond donors (Lipinski definition) is 2. The molecule has 0 aromatic carbocycles. The Morgan fingerprint density at radius 2 is 2.24 bits per heavy atom. The van der Waals surface area contributed by atoms with Gasteiger partial charge in [-0.05, 0) is 55.7 Å². The molecule has 2 N–H and O–H groups in total. The molecule has 0 aliphatic carbocycles. The van der Waals surface area contributed by atoms with Gasteiger partial charge in [0.2, 0.25) is 5.91 Å². The summed E-state index contributed by atoms with van der Waals surface area (Å²) in [4.78, 5) is 30.3. The fourth-order valence-corrected chi connectivity index (χ4v) is 3.59. The molecule has 7 heteroatoms. The van der Waals surface area contributed by atoms with Crippen molar-refractivity contribution in [1.29, 1.82) is 0 Å². The molecule has 1 atom stereocenters. The topological polar surface area (TPSA) is 86.8 Å². The molecule has 0 saturated carbocycles. The van der Waals surface area contributed by atoms with E-state index in [1.807, 2.05) is 42.3 Å². The summed E-state index contributed by atoms with van der Waals surface area (Å²) in [5.74, 6) is 1.87. The van der Waals surface area contributed by atoms with E-state index in [2.05, 4.69) is 31.3 Å². The van der Waals surface area contributed by atoms with Gasteiger partial charge in [0.05, 0.1) is 18.2 Å². The zero-order chi connectivity index (χ0) is 20.1. The molecule has 4 rings (SSSR count). The number of aromatic amines is 1. The number of imidazole rings is 1. The summed E-state index contributed by atoms with van der Waals surface area (Å²) >= 11 is 0. The van der Waals surface area contributed by atoms with Crippen molar-refractivity contribution in [3.63, 3.8) is 0 Å². The number of carbonyl (C=O) groups is 1. The van der Waals surface area contributed by atoms with Crippen LogP contribution in [0.5, 0.6) is 0 Å². The Labute approximate surface area is 169 Å². The fourth-order valence-electron chi connectivity index (χ4n) is 3.59. The summed E-state index contributed by atoms with van der Waals surface area (Å²) in [7, 11) is 0. The molecule has 3 aromatic rings. The maximum Gasteiger partial charge on any atom is 0.246 e. The van der Waals surface area contributed by atoms with Crippen LogP contribution in [0.15, 0.2) is 55.1 Å². The number of rotatable bonds is 5. The van der Waals surface area contributed by atoms with Gasteiger partial charge in [0.15, 0.2) is 0 Å². The molecular weight excluding hydrogens is 364 g/mol. The SMILES string of the molecule is Cc1cccc(Nc2cc(C3CCCN(C(=O)/C=C/c4cnc[nH]4)C3)ccn2)n1. The molecule has 4 heterocycles. The highest BCUT2D eigenvalue weighted by Gasteiger charge is 2.24. The highest BCUT2D eigenvalue weighted by Crippen LogP contribution is 2.28. The Balaban J connectivity index is 1.43. The van der Waals surface area contributed by atoms with Crippen molar-refractivity contribution < 1.29 is 4.79 Å². The molecular formula is C22H24N6O. The molecule has 29 heavy (non-hydrogen) atoms. The van der Waals surface area contributed by atoms with E-state index in [-0.39, 0.29) is 5.91 Å². The van der Waals surface area contributed by atoms with E-state index in [4.69, 9.17) is 0 Å². The van der Waals surface area contributed by atoms with Crippen LogP contribution in [0.1, 0.15) is 35.7 Å². The second-order valence-corrected chi connectivity index (χ2v) is 7.23. The number of aromatic nitrogens is 4. The van der Waals surface area contributed by atoms with Crippen molar-refractivity contribution in [3.05, 3.63) is 72.1 Å². The second kappa shape index (κ2) is 8.68. The van der Waals surface area contributed by atoms with Gasteiger partial charge in [0, 0.05) is 37.0 Å². The summed E-state index contributed by atoms with van der Waals surface area (Å²) in [6, 6.07) is 9.95. The third-order valence-corrected chi connectivity index (χ3v) is 5.06. The van der Waals surface area contributed by atoms with E-state index in [0.29, 0.717) is 12.5 Å². The predicted molar refractivity (Wildman–Crippen MR) is 113 cm³/mol. The molecule has 7 nitrogen and oxygen atoms in total. The number of anilines is 2. The van der Waals surface area contributed by atoms with E-state index in [1.54, 1.807) is 24.7 Å². The van der Waals surface area contributed by atoms with Crippen molar-refractivity contribution in [3.8, 4) is 0 Å². The Morgan fingerprint density at radius 1 is 1.31 bits per heavy atom. The van der Waals surface area contributed by atoms with Gasteiger partial charge in [-0.2, -0.15) is 0 Å². The number of nitrogens with zero attached hydrogens (tertiary/aromatic N) is 4. The average molecular weight is 388 g/mol. The van der Waals surface area contributed by atoms with E-state index >= 15 is 0 Å². The number of likely N-dealkylation sites (tertiary alicyclic amines) is 1. The minimum absolute atomic E-state index is 0.0284. The lowest BCUT2D eigenvalue weighted by Gasteiger charge is -2.32. The Hall–Kier alpha value is -3.48. The minimum Gasteiger partial charge on any atom is -0.345 e. The van der Waals surface area contributed by atoms with Gasteiger partial charge in [-0.15, -0.1) is 0 Å². The third kappa shape index (κ3) is 4.87. The molecule has 1 fully saturated rings. The molecule has 0 bridgehead atoms. The van der Waals surface area contributed by atoms with Crippen molar-refractivity contribution in [2.24, 2.45) is 0 Å². The van der Waals surface area contributed by atoms with E-state index in [0.717, 1.165) is 42.4 Å². The Kier molecular flexibility index (Phi) is 5.65. The zero-order valence-corrected chi connectivity index (χ0v) is 16.4. The average Bonchev–Trinajstić information content (AvgIpc) is 3.26. The van der Waals surface area contributed by atoms with Crippen LogP contribution in [0.3, 0.4) is 0 Å². The van der Waals surface area contributed by atoms with Crippen molar-refractivity contribution in [1.82, 2.24) is 24.8 Å². The second-order valence-electron chi connectivity index (χ2n) is 7.23. The fraction of sp³-hybridized carbons (Fsp3) is 0.273. The van der Waals surface area contributed by atoms with Gasteiger partial charge in [0.1, 0.15) is 11.6 Å². The van der Waals surface area contributed by atoms with E-state index < -0.39 is 0 Å². The van der Waals surface area contributed by atoms with Crippen LogP contribution in [-0.2, 0) is 4.79 Å². The van der Waals surface area contributed by atoms with Crippen molar-refractivity contribution in [2.75, 3.05) is 18.4 Å². The molecule has 1 aliphatic rings. The molecule has 0 spiro atoms. The summed E-state index contributed by atoms with van der Waals surface area (Å²) in [6.07, 6.45) is 10.5. The predicted octanol–water partition coefficient (Wildman–Crippen LogP) is 3.67. The first-order chi connectivity index (χ1) is 14.2. The molecule has 1 amide bonds. The van der Waals surface area contributed by atoms with Gasteiger partial charge in [0.25, 0.3) is 0 Å². The van der Waals surface area contributed by atoms with E-state index in [1.165, 1.54) is 5.56 Å². The number of hydrogen-bond acceptors (Lipinski definition) is 5. The number of carbonyl (C=O) groups excluding carboxylic acids is 1. The first-order valence-corrected chi connectivity index (χ1v) is 9.79. The molecule has 3 aromatic heterocycles. The molecule has 1 unspecified atom stereocenters. The Morgan fingerprint density at radius 3 is 3.07 bits per heavy atom. The van der Waals surface area contributed by atoms with Gasteiger partial charge in [-0.3, -0.25) is 4.79 Å². The number of H-pyrrole nitrogens is 1. The standard InChI is InChI=1S/C22H24N6O/c1-16-4-2-6-20(26-16)27-21-12-17(9-10-24-21)18-5-3-11-28(14-18)22(29)8-7-19-13-23-15-25-19/h2,4,6-10,12-13,15,18H,3,5,11,14H2,1H3,(H,23,25)(H,24,26,27)/b8-7+. The quantitative estimate of drug-likeness (QED) is 0.651. The van der Waals surface area contributed by atoms with Gasteiger partial charge < -0.3 is 15.2 Å². The van der Waals surface area contributed by atoms with Crippen LogP contribution in [-0.4, -0.2) is 43.8 Å². The van der Waals surface area contributed by atoms with Crippen LogP contribution < -0.4 is 5.32 Å². The van der Waals surface area contributed by atoms with Gasteiger partial charge >= 0.3 is 0 Å². The number of piperidine rings is 1. The first-order valence-electron chi connectivity index (χ1n) is 9.79. The molecule has 148 valence electrons. The number of aryl methyl sites for hydroxylation is 1. The van der Waals surface area contributed by atoms with Gasteiger partial charge in [-0.1, -0.05) is 6.07 Å². The summed E-state index contributed by atoms with van der Waals surface area (Å²) in [6.45, 7) is 3.45. The third-order valence-electron chi connectivity index (χ3n) is 5.06. The highest BCUT2D eigenvalue weighted by atomic mass is 16.2. The highest BCUT2D eigenvalue weighted by molar-refractivity contribution is 5.91. The largest absolute Gasteiger partial charge is 0.345 e. The molecule has 0 radical (unpaired) electrons. The maximum atomic E-state index is 12.6. The van der Waals surface area contributed by atoms with Crippen molar-refractivity contribution in [2.45, 2.75) is 25.7 Å². The summed E-state index contributed by atoms with van der Waals surface area (Å²) < 4.78 is 0. The monoisotopic (exact) mass is 388 g/mol. The van der Waals surface area contributed by atoms with Crippen molar-refractivity contribution >= 4 is 23.6 Å². The zero-order valence-electron chi connectivity index (χ0n) is 16.4. The van der Waals surface area contributed by atoms with Crippen LogP contribution in [0.2, 0.25) is 0 Å². The van der Waals surface area contributed by atoms with Crippen LogP contribution in [0.25, 0.3) is 6.08 Å². The lowest BCUT2D eigenvalue weighted by Crippen LogP contribution is -2.38. The smallest absolute Gasteiger partial charge is 0.246 e. The Bertz CT molecular complexity index is 998. The molecule has 1 saturated heterocycles. The maximum absolute atomic E-state index is 12.6. The van der Waals surface area contributed by atoms with Gasteiger partial charge in [-0.25, -0.2) is 15.0 Å². The summed E-state index contributed by atoms with van der Waals surface area (Å²) in [5, 5.41) is 3.27. The first kappa shape index (κ1) is 18.9. The number of amides is 1. The van der Waals surface area contributed by atoms with E-state index in [9.17, 15) is 4.79 Å². The lowest BCUT2D eigenvalue weighted by molar-refractivity contribution is -0.127. The minimum atomic E-state index is 0.0284. The van der Waals surface area contributed by atoms with Crippen LogP contribution >= 0.6 is 0 Å². The molecule has 1 aliphatic heterocycles. The number of nitrogens with one attached hydrogen (secondary N) is 2. The normalized spacial score (nSPS) is 16.9. The lowest BCUT2D eigenvalue weighted by atomic mass is 9.91.